The number of amides is 3. The van der Waals surface area contributed by atoms with Gasteiger partial charge in [0.05, 0.1) is 11.8 Å². The molecule has 7 heteroatoms. The zero-order valence-corrected chi connectivity index (χ0v) is 24.5. The third-order valence-electron chi connectivity index (χ3n) is 9.04. The highest BCUT2D eigenvalue weighted by Crippen LogP contribution is 2.69. The van der Waals surface area contributed by atoms with Crippen molar-refractivity contribution < 1.29 is 14.4 Å². The maximum Gasteiger partial charge on any atom is 0.247 e. The summed E-state index contributed by atoms with van der Waals surface area (Å²) in [6.45, 7) is 7.77. The average molecular weight is 576 g/mol. The lowest BCUT2D eigenvalue weighted by atomic mass is 9.54. The molecule has 1 N–H and O–H groups in total. The van der Waals surface area contributed by atoms with Gasteiger partial charge in [-0.1, -0.05) is 94.4 Å². The van der Waals surface area contributed by atoms with Gasteiger partial charge in [-0.15, -0.1) is 23.2 Å². The van der Waals surface area contributed by atoms with E-state index in [1.807, 2.05) is 94.4 Å². The smallest absolute Gasteiger partial charge is 0.247 e. The molecule has 3 amide bonds. The molecule has 1 aliphatic heterocycles. The molecule has 3 aromatic rings. The Kier molecular flexibility index (Phi) is 6.39. The molecule has 0 spiro atoms. The lowest BCUT2D eigenvalue weighted by molar-refractivity contribution is -0.148. The molecular weight excluding hydrogens is 543 g/mol. The van der Waals surface area contributed by atoms with Crippen LogP contribution in [0.2, 0.25) is 0 Å². The minimum Gasteiger partial charge on any atom is -0.324 e. The van der Waals surface area contributed by atoms with Gasteiger partial charge < -0.3 is 5.32 Å². The van der Waals surface area contributed by atoms with E-state index in [9.17, 15) is 14.4 Å². The summed E-state index contributed by atoms with van der Waals surface area (Å²) in [5.74, 6) is -3.51. The van der Waals surface area contributed by atoms with Crippen LogP contribution < -0.4 is 5.32 Å². The summed E-state index contributed by atoms with van der Waals surface area (Å²) in [5.41, 5.74) is 5.73. The predicted octanol–water partition coefficient (Wildman–Crippen LogP) is 6.37. The molecule has 1 saturated heterocycles. The summed E-state index contributed by atoms with van der Waals surface area (Å²) in [4.78, 5) is 41.5. The number of halogens is 2. The van der Waals surface area contributed by atoms with Crippen molar-refractivity contribution in [2.45, 2.75) is 56.3 Å². The maximum atomic E-state index is 14.4. The minimum absolute atomic E-state index is 0.341. The largest absolute Gasteiger partial charge is 0.324 e. The Bertz CT molecular complexity index is 1420. The number of hydrogen-bond donors (Lipinski definition) is 1. The Morgan fingerprint density at radius 1 is 0.775 bits per heavy atom. The molecule has 0 radical (unpaired) electrons. The van der Waals surface area contributed by atoms with E-state index in [4.69, 9.17) is 23.2 Å². The standard InChI is InChI=1S/C33H32Cl2N2O3/c1-5-19-12-11-13-20(6-2)27(19)36-29(38)28(18(3)4)37-30(39)25-26(31(37)40)33(35)22-15-8-7-14-21(22)32(25,34)23-16-9-10-17-24(23)33/h7-18,25-26,28H,5-6H2,1-4H3,(H,36,38)/t25-,26-,28-,32?,33?/m0/s1. The van der Waals surface area contributed by atoms with Crippen LogP contribution in [-0.2, 0) is 37.0 Å². The first kappa shape index (κ1) is 27.0. The molecule has 3 aromatic carbocycles. The third kappa shape index (κ3) is 3.37. The van der Waals surface area contributed by atoms with Crippen LogP contribution in [-0.4, -0.2) is 28.7 Å². The monoisotopic (exact) mass is 574 g/mol. The van der Waals surface area contributed by atoms with Crippen molar-refractivity contribution in [3.8, 4) is 0 Å². The van der Waals surface area contributed by atoms with Gasteiger partial charge in [0.1, 0.15) is 15.8 Å². The molecule has 0 saturated carbocycles. The Morgan fingerprint density at radius 2 is 1.18 bits per heavy atom. The first-order valence-corrected chi connectivity index (χ1v) is 14.7. The normalized spacial score (nSPS) is 26.9. The number of likely N-dealkylation sites (tertiary alicyclic amines) is 1. The number of carbonyl (C=O) groups is 3. The van der Waals surface area contributed by atoms with Gasteiger partial charge >= 0.3 is 0 Å². The van der Waals surface area contributed by atoms with Crippen LogP contribution >= 0.6 is 23.2 Å². The SMILES string of the molecule is CCc1cccc(CC)c1NC(=O)[C@H](C(C)C)N1C(=O)[C@@H]2[C@@H](C1=O)C1(Cl)c3ccccc3C2(Cl)c2ccccc21. The van der Waals surface area contributed by atoms with Crippen molar-refractivity contribution in [2.24, 2.45) is 17.8 Å². The number of nitrogens with zero attached hydrogens (tertiary/aromatic N) is 1. The topological polar surface area (TPSA) is 66.5 Å². The second kappa shape index (κ2) is 9.46. The molecule has 0 unspecified atom stereocenters. The van der Waals surface area contributed by atoms with Crippen LogP contribution in [0.1, 0.15) is 61.1 Å². The van der Waals surface area contributed by atoms with Gasteiger partial charge in [-0.2, -0.15) is 0 Å². The lowest BCUT2D eigenvalue weighted by Crippen LogP contribution is -2.57. The molecule has 1 fully saturated rings. The van der Waals surface area contributed by atoms with Gasteiger partial charge in [0.15, 0.2) is 0 Å². The van der Waals surface area contributed by atoms with Crippen LogP contribution in [0.3, 0.4) is 0 Å². The van der Waals surface area contributed by atoms with Crippen molar-refractivity contribution in [1.29, 1.82) is 0 Å². The molecule has 40 heavy (non-hydrogen) atoms. The zero-order valence-electron chi connectivity index (χ0n) is 23.0. The number of carbonyl (C=O) groups excluding carboxylic acids is 3. The zero-order chi connectivity index (χ0) is 28.6. The number of imide groups is 1. The average Bonchev–Trinajstić information content (AvgIpc) is 3.22. The van der Waals surface area contributed by atoms with Gasteiger partial charge in [0, 0.05) is 5.69 Å². The number of alkyl halides is 2. The second-order valence-electron chi connectivity index (χ2n) is 11.4. The van der Waals surface area contributed by atoms with Crippen molar-refractivity contribution in [3.05, 3.63) is 100 Å². The number of nitrogens with one attached hydrogen (secondary N) is 1. The fraction of sp³-hybridized carbons (Fsp3) is 0.364. The molecule has 5 nitrogen and oxygen atoms in total. The molecule has 7 rings (SSSR count). The Morgan fingerprint density at radius 3 is 1.52 bits per heavy atom. The van der Waals surface area contributed by atoms with E-state index in [2.05, 4.69) is 5.32 Å². The highest BCUT2D eigenvalue weighted by Gasteiger charge is 2.73. The van der Waals surface area contributed by atoms with E-state index in [1.165, 1.54) is 4.90 Å². The fourth-order valence-electron chi connectivity index (χ4n) is 7.28. The third-order valence-corrected chi connectivity index (χ3v) is 10.3. The summed E-state index contributed by atoms with van der Waals surface area (Å²) < 4.78 is 0. The van der Waals surface area contributed by atoms with E-state index in [-0.39, 0.29) is 11.8 Å². The number of hydrogen-bond acceptors (Lipinski definition) is 3. The van der Waals surface area contributed by atoms with E-state index in [0.29, 0.717) is 0 Å². The Labute approximate surface area is 244 Å². The van der Waals surface area contributed by atoms with E-state index in [1.54, 1.807) is 0 Å². The minimum atomic E-state index is -1.28. The molecule has 0 aromatic heterocycles. The van der Waals surface area contributed by atoms with Crippen LogP contribution in [0.4, 0.5) is 5.69 Å². The van der Waals surface area contributed by atoms with Gasteiger partial charge in [-0.25, -0.2) is 0 Å². The summed E-state index contributed by atoms with van der Waals surface area (Å²) >= 11 is 15.1. The van der Waals surface area contributed by atoms with Crippen molar-refractivity contribution in [2.75, 3.05) is 5.32 Å². The van der Waals surface area contributed by atoms with Crippen LogP contribution in [0, 0.1) is 17.8 Å². The quantitative estimate of drug-likeness (QED) is 0.275. The molecule has 4 aliphatic rings. The second-order valence-corrected chi connectivity index (χ2v) is 12.5. The van der Waals surface area contributed by atoms with Gasteiger partial charge in [-0.3, -0.25) is 19.3 Å². The first-order chi connectivity index (χ1) is 19.1. The summed E-state index contributed by atoms with van der Waals surface area (Å²) in [6.07, 6.45) is 1.48. The van der Waals surface area contributed by atoms with Crippen molar-refractivity contribution >= 4 is 46.6 Å². The van der Waals surface area contributed by atoms with Crippen molar-refractivity contribution in [3.63, 3.8) is 0 Å². The summed E-state index contributed by atoms with van der Waals surface area (Å²) in [6, 6.07) is 20.0. The highest BCUT2D eigenvalue weighted by molar-refractivity contribution is 6.36. The maximum absolute atomic E-state index is 14.4. The van der Waals surface area contributed by atoms with Crippen LogP contribution in [0.5, 0.6) is 0 Å². The molecule has 3 atom stereocenters. The van der Waals surface area contributed by atoms with Crippen LogP contribution in [0.25, 0.3) is 0 Å². The number of anilines is 1. The lowest BCUT2D eigenvalue weighted by Gasteiger charge is -2.54. The highest BCUT2D eigenvalue weighted by atomic mass is 35.5. The number of benzene rings is 3. The first-order valence-electron chi connectivity index (χ1n) is 14.0. The van der Waals surface area contributed by atoms with Gasteiger partial charge in [-0.05, 0) is 52.1 Å². The number of aryl methyl sites for hydroxylation is 2. The summed E-state index contributed by atoms with van der Waals surface area (Å²) in [7, 11) is 0. The van der Waals surface area contributed by atoms with Crippen LogP contribution in [0.15, 0.2) is 66.7 Å². The van der Waals surface area contributed by atoms with E-state index in [0.717, 1.165) is 51.9 Å². The molecule has 2 bridgehead atoms. The predicted molar refractivity (Wildman–Crippen MR) is 157 cm³/mol. The van der Waals surface area contributed by atoms with E-state index >= 15 is 0 Å². The van der Waals surface area contributed by atoms with Gasteiger partial charge in [0.25, 0.3) is 0 Å². The Balaban J connectivity index is 1.47. The number of rotatable bonds is 6. The van der Waals surface area contributed by atoms with E-state index < -0.39 is 39.4 Å². The molecule has 206 valence electrons. The summed E-state index contributed by atoms with van der Waals surface area (Å²) in [5, 5.41) is 3.10. The molecular formula is C33H32Cl2N2O3. The Hall–Kier alpha value is -3.15. The van der Waals surface area contributed by atoms with Crippen molar-refractivity contribution in [1.82, 2.24) is 4.90 Å². The van der Waals surface area contributed by atoms with Gasteiger partial charge in [0.2, 0.25) is 17.7 Å². The number of para-hydroxylation sites is 1. The fourth-order valence-corrected chi connectivity index (χ4v) is 8.38. The molecule has 3 aliphatic carbocycles. The molecule has 1 heterocycles.